The second-order valence-electron chi connectivity index (χ2n) is 1.97. The van der Waals surface area contributed by atoms with E-state index in [-0.39, 0.29) is 5.69 Å². The molecule has 1 aromatic rings. The van der Waals surface area contributed by atoms with Gasteiger partial charge in [0.1, 0.15) is 23.3 Å². The number of hydrogen-bond acceptors (Lipinski definition) is 2. The van der Waals surface area contributed by atoms with Gasteiger partial charge >= 0.3 is 0 Å². The highest BCUT2D eigenvalue weighted by Crippen LogP contribution is 2.14. The predicted molar refractivity (Wildman–Crippen MR) is 35.5 cm³/mol. The highest BCUT2D eigenvalue weighted by molar-refractivity contribution is 5.45. The third-order valence-electron chi connectivity index (χ3n) is 1.18. The topological polar surface area (TPSA) is 49.8 Å². The summed E-state index contributed by atoms with van der Waals surface area (Å²) in [5, 5.41) is 8.22. The zero-order chi connectivity index (χ0) is 8.43. The first-order chi connectivity index (χ1) is 5.15. The Kier molecular flexibility index (Phi) is 1.73. The van der Waals surface area contributed by atoms with Crippen molar-refractivity contribution < 1.29 is 8.78 Å². The molecule has 56 valence electrons. The van der Waals surface area contributed by atoms with Crippen LogP contribution in [0.3, 0.4) is 0 Å². The number of halogens is 2. The van der Waals surface area contributed by atoms with E-state index < -0.39 is 17.2 Å². The molecule has 1 rings (SSSR count). The van der Waals surface area contributed by atoms with E-state index in [2.05, 4.69) is 0 Å². The van der Waals surface area contributed by atoms with Gasteiger partial charge in [0.2, 0.25) is 0 Å². The Morgan fingerprint density at radius 3 is 2.09 bits per heavy atom. The first-order valence-electron chi connectivity index (χ1n) is 2.79. The van der Waals surface area contributed by atoms with Crippen LogP contribution in [0.4, 0.5) is 14.5 Å². The van der Waals surface area contributed by atoms with Crippen molar-refractivity contribution in [3.05, 3.63) is 29.3 Å². The van der Waals surface area contributed by atoms with Crippen molar-refractivity contribution in [3.8, 4) is 6.07 Å². The highest BCUT2D eigenvalue weighted by atomic mass is 19.1. The smallest absolute Gasteiger partial charge is 0.146 e. The fraction of sp³-hybridized carbons (Fsp3) is 0. The molecule has 2 N–H and O–H groups in total. The second-order valence-corrected chi connectivity index (χ2v) is 1.97. The normalized spacial score (nSPS) is 9.18. The standard InChI is InChI=1S/C7H4F2N2/c8-6-1-4(11)2-7(9)5(6)3-10/h1-2H,11H2. The number of benzene rings is 1. The van der Waals surface area contributed by atoms with E-state index in [4.69, 9.17) is 11.0 Å². The van der Waals surface area contributed by atoms with Crippen molar-refractivity contribution in [3.63, 3.8) is 0 Å². The van der Waals surface area contributed by atoms with Crippen LogP contribution in [-0.4, -0.2) is 0 Å². The molecule has 4 heteroatoms. The van der Waals surface area contributed by atoms with Gasteiger partial charge in [-0.05, 0) is 12.1 Å². The summed E-state index contributed by atoms with van der Waals surface area (Å²) < 4.78 is 25.1. The molecule has 0 aliphatic rings. The summed E-state index contributed by atoms with van der Waals surface area (Å²) in [5.41, 5.74) is 4.47. The Labute approximate surface area is 61.9 Å². The first kappa shape index (κ1) is 7.48. The molecule has 0 aromatic heterocycles. The average Bonchev–Trinajstić information content (AvgIpc) is 1.85. The summed E-state index contributed by atoms with van der Waals surface area (Å²) in [6, 6.07) is 3.19. The fourth-order valence-electron chi connectivity index (χ4n) is 0.700. The summed E-state index contributed by atoms with van der Waals surface area (Å²) in [6.45, 7) is 0. The van der Waals surface area contributed by atoms with E-state index in [9.17, 15) is 8.78 Å². The van der Waals surface area contributed by atoms with Gasteiger partial charge in [0.25, 0.3) is 0 Å². The van der Waals surface area contributed by atoms with Crippen LogP contribution in [0.5, 0.6) is 0 Å². The molecule has 1 aromatic carbocycles. The molecule has 11 heavy (non-hydrogen) atoms. The molecular weight excluding hydrogens is 150 g/mol. The van der Waals surface area contributed by atoms with E-state index in [1.54, 1.807) is 0 Å². The van der Waals surface area contributed by atoms with Crippen LogP contribution in [0, 0.1) is 23.0 Å². The molecule has 0 aliphatic heterocycles. The van der Waals surface area contributed by atoms with Crippen LogP contribution in [0.15, 0.2) is 12.1 Å². The minimum absolute atomic E-state index is 0.0287. The van der Waals surface area contributed by atoms with Gasteiger partial charge in [0.05, 0.1) is 0 Å². The monoisotopic (exact) mass is 154 g/mol. The number of nitrogens with two attached hydrogens (primary N) is 1. The lowest BCUT2D eigenvalue weighted by molar-refractivity contribution is 0.578. The summed E-state index contributed by atoms with van der Waals surface area (Å²) >= 11 is 0. The third kappa shape index (κ3) is 1.27. The van der Waals surface area contributed by atoms with Crippen LogP contribution in [0.25, 0.3) is 0 Å². The molecule has 0 saturated heterocycles. The van der Waals surface area contributed by atoms with Gasteiger partial charge in [-0.25, -0.2) is 8.78 Å². The lowest BCUT2D eigenvalue weighted by atomic mass is 10.2. The molecule has 0 radical (unpaired) electrons. The Morgan fingerprint density at radius 2 is 1.73 bits per heavy atom. The van der Waals surface area contributed by atoms with Crippen molar-refractivity contribution in [1.82, 2.24) is 0 Å². The molecule has 0 heterocycles. The lowest BCUT2D eigenvalue weighted by Gasteiger charge is -1.96. The minimum atomic E-state index is -0.926. The Balaban J connectivity index is 3.40. The van der Waals surface area contributed by atoms with Crippen LogP contribution < -0.4 is 5.73 Å². The maximum atomic E-state index is 12.6. The summed E-state index contributed by atoms with van der Waals surface area (Å²) in [5.74, 6) is -1.85. The highest BCUT2D eigenvalue weighted by Gasteiger charge is 2.08. The summed E-state index contributed by atoms with van der Waals surface area (Å²) in [6.07, 6.45) is 0. The van der Waals surface area contributed by atoms with Gasteiger partial charge in [0, 0.05) is 5.69 Å². The molecule has 0 aliphatic carbocycles. The Bertz CT molecular complexity index is 305. The van der Waals surface area contributed by atoms with Crippen molar-refractivity contribution in [2.45, 2.75) is 0 Å². The van der Waals surface area contributed by atoms with E-state index in [1.807, 2.05) is 0 Å². The zero-order valence-electron chi connectivity index (χ0n) is 5.44. The molecular formula is C7H4F2N2. The number of nitriles is 1. The molecule has 0 amide bonds. The van der Waals surface area contributed by atoms with Gasteiger partial charge in [-0.1, -0.05) is 0 Å². The van der Waals surface area contributed by atoms with Gasteiger partial charge in [-0.15, -0.1) is 0 Å². The van der Waals surface area contributed by atoms with E-state index in [1.165, 1.54) is 6.07 Å². The molecule has 2 nitrogen and oxygen atoms in total. The first-order valence-corrected chi connectivity index (χ1v) is 2.79. The quantitative estimate of drug-likeness (QED) is 0.574. The molecule has 0 unspecified atom stereocenters. The van der Waals surface area contributed by atoms with Crippen LogP contribution in [-0.2, 0) is 0 Å². The molecule has 0 saturated carbocycles. The van der Waals surface area contributed by atoms with Crippen molar-refractivity contribution in [2.75, 3.05) is 5.73 Å². The number of rotatable bonds is 0. The van der Waals surface area contributed by atoms with Gasteiger partial charge in [0.15, 0.2) is 0 Å². The maximum absolute atomic E-state index is 12.6. The number of nitrogens with zero attached hydrogens (tertiary/aromatic N) is 1. The van der Waals surface area contributed by atoms with Crippen LogP contribution in [0.1, 0.15) is 5.56 Å². The summed E-state index contributed by atoms with van der Waals surface area (Å²) in [4.78, 5) is 0. The van der Waals surface area contributed by atoms with Crippen molar-refractivity contribution in [1.29, 1.82) is 5.26 Å². The van der Waals surface area contributed by atoms with Gasteiger partial charge in [-0.3, -0.25) is 0 Å². The van der Waals surface area contributed by atoms with E-state index in [0.717, 1.165) is 12.1 Å². The lowest BCUT2D eigenvalue weighted by Crippen LogP contribution is -1.93. The third-order valence-corrected chi connectivity index (χ3v) is 1.18. The minimum Gasteiger partial charge on any atom is -0.399 e. The number of anilines is 1. The van der Waals surface area contributed by atoms with Gasteiger partial charge in [-0.2, -0.15) is 5.26 Å². The molecule has 0 atom stereocenters. The second kappa shape index (κ2) is 2.54. The van der Waals surface area contributed by atoms with E-state index in [0.29, 0.717) is 0 Å². The molecule has 0 spiro atoms. The predicted octanol–water partition coefficient (Wildman–Crippen LogP) is 1.42. The number of nitrogen functional groups attached to an aromatic ring is 1. The fourth-order valence-corrected chi connectivity index (χ4v) is 0.700. The van der Waals surface area contributed by atoms with Crippen molar-refractivity contribution >= 4 is 5.69 Å². The molecule has 0 bridgehead atoms. The van der Waals surface area contributed by atoms with E-state index >= 15 is 0 Å². The Morgan fingerprint density at radius 1 is 1.27 bits per heavy atom. The SMILES string of the molecule is N#Cc1c(F)cc(N)cc1F. The van der Waals surface area contributed by atoms with Gasteiger partial charge < -0.3 is 5.73 Å². The van der Waals surface area contributed by atoms with Crippen LogP contribution in [0.2, 0.25) is 0 Å². The Hall–Kier alpha value is -1.63. The van der Waals surface area contributed by atoms with Crippen LogP contribution >= 0.6 is 0 Å². The van der Waals surface area contributed by atoms with Crippen molar-refractivity contribution in [2.24, 2.45) is 0 Å². The average molecular weight is 154 g/mol. The molecule has 0 fully saturated rings. The summed E-state index contributed by atoms with van der Waals surface area (Å²) in [7, 11) is 0. The maximum Gasteiger partial charge on any atom is 0.146 e. The number of hydrogen-bond donors (Lipinski definition) is 1. The largest absolute Gasteiger partial charge is 0.399 e. The zero-order valence-corrected chi connectivity index (χ0v) is 5.44.